The van der Waals surface area contributed by atoms with Crippen molar-refractivity contribution in [3.8, 4) is 0 Å². The largest absolute Gasteiger partial charge is 0.772 e. The van der Waals surface area contributed by atoms with Gasteiger partial charge in [-0.15, -0.1) is 0 Å². The molecule has 1 aromatic carbocycles. The highest BCUT2D eigenvalue weighted by atomic mass is 32.2. The van der Waals surface area contributed by atoms with E-state index in [1.165, 1.54) is 0 Å². The monoisotopic (exact) mass is 384 g/mol. The van der Waals surface area contributed by atoms with Crippen LogP contribution < -0.4 is 5.32 Å². The van der Waals surface area contributed by atoms with Crippen LogP contribution in [0.1, 0.15) is 52.2 Å². The van der Waals surface area contributed by atoms with Crippen LogP contribution in [0.3, 0.4) is 0 Å². The minimum Gasteiger partial charge on any atom is -0.772 e. The Morgan fingerprint density at radius 2 is 1.92 bits per heavy atom. The topological polar surface area (TPSA) is 105 Å². The molecule has 1 N–H and O–H groups in total. The molecule has 0 aliphatic carbocycles. The van der Waals surface area contributed by atoms with Crippen LogP contribution in [0.25, 0.3) is 0 Å². The summed E-state index contributed by atoms with van der Waals surface area (Å²) in [4.78, 5) is 23.9. The number of carbonyl (C=O) groups is 2. The van der Waals surface area contributed by atoms with Crippen LogP contribution in [-0.2, 0) is 37.5 Å². The predicted octanol–water partition coefficient (Wildman–Crippen LogP) is 3.30. The fourth-order valence-electron chi connectivity index (χ4n) is 2.27. The SMILES string of the molecule is CC(C)OC(=O)CCc1c(CS(=O)[O-])cccc1NC(=O)OC(C)(C)C. The number of rotatable bonds is 7. The van der Waals surface area contributed by atoms with Crippen LogP contribution in [0.4, 0.5) is 10.5 Å². The summed E-state index contributed by atoms with van der Waals surface area (Å²) in [6, 6.07) is 4.94. The number of hydrogen-bond donors (Lipinski definition) is 1. The summed E-state index contributed by atoms with van der Waals surface area (Å²) in [5.41, 5.74) is 0.839. The maximum Gasteiger partial charge on any atom is 0.412 e. The van der Waals surface area contributed by atoms with Crippen molar-refractivity contribution in [1.82, 2.24) is 0 Å². The van der Waals surface area contributed by atoms with Gasteiger partial charge in [0, 0.05) is 17.9 Å². The van der Waals surface area contributed by atoms with E-state index in [4.69, 9.17) is 9.47 Å². The summed E-state index contributed by atoms with van der Waals surface area (Å²) in [5, 5.41) is 2.63. The molecule has 1 rings (SSSR count). The lowest BCUT2D eigenvalue weighted by Gasteiger charge is -2.21. The minimum absolute atomic E-state index is 0.0731. The Kier molecular flexibility index (Phi) is 8.23. The summed E-state index contributed by atoms with van der Waals surface area (Å²) in [6.45, 7) is 8.73. The number of hydrogen-bond acceptors (Lipinski definition) is 6. The zero-order valence-electron chi connectivity index (χ0n) is 15.8. The van der Waals surface area contributed by atoms with Crippen LogP contribution in [0, 0.1) is 0 Å². The van der Waals surface area contributed by atoms with Crippen molar-refractivity contribution in [1.29, 1.82) is 0 Å². The van der Waals surface area contributed by atoms with Gasteiger partial charge in [-0.2, -0.15) is 0 Å². The van der Waals surface area contributed by atoms with Gasteiger partial charge in [0.15, 0.2) is 0 Å². The van der Waals surface area contributed by atoms with Gasteiger partial charge in [0.05, 0.1) is 6.10 Å². The molecule has 7 nitrogen and oxygen atoms in total. The Morgan fingerprint density at radius 3 is 2.46 bits per heavy atom. The van der Waals surface area contributed by atoms with E-state index in [0.29, 0.717) is 16.8 Å². The fourth-order valence-corrected chi connectivity index (χ4v) is 2.80. The van der Waals surface area contributed by atoms with E-state index in [1.54, 1.807) is 52.8 Å². The molecule has 0 aromatic heterocycles. The molecular weight excluding hydrogens is 358 g/mol. The number of amides is 1. The van der Waals surface area contributed by atoms with E-state index in [9.17, 15) is 18.4 Å². The first-order valence-electron chi connectivity index (χ1n) is 8.34. The fraction of sp³-hybridized carbons (Fsp3) is 0.556. The van der Waals surface area contributed by atoms with Crippen molar-refractivity contribution in [2.75, 3.05) is 5.32 Å². The van der Waals surface area contributed by atoms with Gasteiger partial charge < -0.3 is 14.0 Å². The predicted molar refractivity (Wildman–Crippen MR) is 98.5 cm³/mol. The van der Waals surface area contributed by atoms with Crippen molar-refractivity contribution in [3.05, 3.63) is 29.3 Å². The molecule has 0 heterocycles. The Bertz CT molecular complexity index is 666. The van der Waals surface area contributed by atoms with Crippen molar-refractivity contribution >= 4 is 28.8 Å². The second kappa shape index (κ2) is 9.68. The molecule has 0 saturated carbocycles. The van der Waals surface area contributed by atoms with Gasteiger partial charge in [-0.05, 0) is 58.2 Å². The maximum atomic E-state index is 12.1. The molecule has 0 saturated heterocycles. The minimum atomic E-state index is -2.30. The molecule has 1 amide bonds. The normalized spacial score (nSPS) is 12.6. The number of ether oxygens (including phenoxy) is 2. The molecule has 0 aliphatic rings. The van der Waals surface area contributed by atoms with Crippen molar-refractivity contribution in [2.24, 2.45) is 0 Å². The summed E-state index contributed by atoms with van der Waals surface area (Å²) in [7, 11) is 0. The highest BCUT2D eigenvalue weighted by Crippen LogP contribution is 2.24. The number of benzene rings is 1. The van der Waals surface area contributed by atoms with Gasteiger partial charge in [-0.1, -0.05) is 23.2 Å². The molecule has 26 heavy (non-hydrogen) atoms. The molecule has 0 fully saturated rings. The lowest BCUT2D eigenvalue weighted by atomic mass is 10.0. The molecule has 0 bridgehead atoms. The summed E-state index contributed by atoms with van der Waals surface area (Å²) in [6.07, 6.45) is -0.566. The number of esters is 1. The van der Waals surface area contributed by atoms with Crippen LogP contribution >= 0.6 is 0 Å². The molecule has 0 aliphatic heterocycles. The van der Waals surface area contributed by atoms with E-state index in [1.807, 2.05) is 0 Å². The number of carbonyl (C=O) groups excluding carboxylic acids is 2. The average molecular weight is 384 g/mol. The average Bonchev–Trinajstić information content (AvgIpc) is 2.43. The van der Waals surface area contributed by atoms with E-state index >= 15 is 0 Å². The molecule has 1 unspecified atom stereocenters. The smallest absolute Gasteiger partial charge is 0.412 e. The van der Waals surface area contributed by atoms with E-state index < -0.39 is 22.8 Å². The van der Waals surface area contributed by atoms with Gasteiger partial charge in [0.1, 0.15) is 5.60 Å². The first-order valence-corrected chi connectivity index (χ1v) is 9.58. The Labute approximate surface area is 156 Å². The van der Waals surface area contributed by atoms with Crippen molar-refractivity contribution in [3.63, 3.8) is 0 Å². The molecule has 1 aromatic rings. The Morgan fingerprint density at radius 1 is 1.27 bits per heavy atom. The van der Waals surface area contributed by atoms with Gasteiger partial charge in [0.25, 0.3) is 0 Å². The quantitative estimate of drug-likeness (QED) is 0.571. The third kappa shape index (κ3) is 8.44. The zero-order valence-corrected chi connectivity index (χ0v) is 16.6. The first-order chi connectivity index (χ1) is 12.0. The van der Waals surface area contributed by atoms with Crippen LogP contribution in [0.5, 0.6) is 0 Å². The molecule has 0 radical (unpaired) electrons. The third-order valence-electron chi connectivity index (χ3n) is 3.13. The maximum absolute atomic E-state index is 12.1. The van der Waals surface area contributed by atoms with Crippen molar-refractivity contribution in [2.45, 2.75) is 64.9 Å². The third-order valence-corrected chi connectivity index (χ3v) is 3.67. The molecule has 8 heteroatoms. The van der Waals surface area contributed by atoms with Crippen molar-refractivity contribution < 1.29 is 27.8 Å². The van der Waals surface area contributed by atoms with Gasteiger partial charge in [0.2, 0.25) is 0 Å². The Hall–Kier alpha value is -1.93. The summed E-state index contributed by atoms with van der Waals surface area (Å²) in [5.74, 6) is -0.598. The standard InChI is InChI=1S/C18H27NO6S/c1-12(2)24-16(20)10-9-14-13(11-26(22)23)7-6-8-15(14)19-17(21)25-18(3,4)5/h6-8,12H,9-11H2,1-5H3,(H,19,21)(H,22,23)/p-1. The molecular formula is C18H26NO6S-. The lowest BCUT2D eigenvalue weighted by Crippen LogP contribution is -2.27. The lowest BCUT2D eigenvalue weighted by molar-refractivity contribution is -0.147. The van der Waals surface area contributed by atoms with E-state index in [2.05, 4.69) is 5.32 Å². The van der Waals surface area contributed by atoms with Crippen LogP contribution in [0.15, 0.2) is 18.2 Å². The Balaban J connectivity index is 3.02. The van der Waals surface area contributed by atoms with Gasteiger partial charge >= 0.3 is 12.1 Å². The van der Waals surface area contributed by atoms with E-state index in [-0.39, 0.29) is 30.7 Å². The number of nitrogens with one attached hydrogen (secondary N) is 1. The summed E-state index contributed by atoms with van der Waals surface area (Å²) < 4.78 is 32.6. The molecule has 1 atom stereocenters. The molecule has 0 spiro atoms. The van der Waals surface area contributed by atoms with E-state index in [0.717, 1.165) is 0 Å². The highest BCUT2D eigenvalue weighted by molar-refractivity contribution is 7.78. The highest BCUT2D eigenvalue weighted by Gasteiger charge is 2.19. The van der Waals surface area contributed by atoms with Gasteiger partial charge in [-0.25, -0.2) is 4.79 Å². The molecule has 146 valence electrons. The summed E-state index contributed by atoms with van der Waals surface area (Å²) >= 11 is -2.30. The van der Waals surface area contributed by atoms with Crippen LogP contribution in [-0.4, -0.2) is 32.5 Å². The first kappa shape index (κ1) is 22.1. The number of anilines is 1. The van der Waals surface area contributed by atoms with Gasteiger partial charge in [-0.3, -0.25) is 14.3 Å². The zero-order chi connectivity index (χ0) is 19.9. The van der Waals surface area contributed by atoms with Crippen LogP contribution in [0.2, 0.25) is 0 Å². The second-order valence-electron chi connectivity index (χ2n) is 7.06. The second-order valence-corrected chi connectivity index (χ2v) is 7.95.